The van der Waals surface area contributed by atoms with E-state index in [2.05, 4.69) is 0 Å². The van der Waals surface area contributed by atoms with E-state index in [4.69, 9.17) is 14.6 Å². The molecule has 0 heterocycles. The molecule has 1 aromatic rings. The summed E-state index contributed by atoms with van der Waals surface area (Å²) < 4.78 is 23.7. The lowest BCUT2D eigenvalue weighted by molar-refractivity contribution is -0.125. The molecule has 15 heavy (non-hydrogen) atoms. The van der Waals surface area contributed by atoms with Crippen molar-refractivity contribution in [3.8, 4) is 0 Å². The maximum Gasteiger partial charge on any atom is 0.186 e. The smallest absolute Gasteiger partial charge is 0.186 e. The van der Waals surface area contributed by atoms with E-state index in [1.54, 1.807) is 12.1 Å². The molecule has 3 nitrogen and oxygen atoms in total. The average Bonchev–Trinajstić information content (AvgIpc) is 2.26. The molecule has 0 aromatic heterocycles. The predicted molar refractivity (Wildman–Crippen MR) is 53.7 cm³/mol. The SMILES string of the molecule is CCOC(OC)c1ccc(CO)cc1F. The minimum Gasteiger partial charge on any atom is -0.392 e. The van der Waals surface area contributed by atoms with E-state index in [9.17, 15) is 4.39 Å². The van der Waals surface area contributed by atoms with Crippen LogP contribution in [0, 0.1) is 5.82 Å². The van der Waals surface area contributed by atoms with Gasteiger partial charge in [-0.25, -0.2) is 4.39 Å². The Hall–Kier alpha value is -0.970. The molecule has 1 N–H and O–H groups in total. The molecule has 1 atom stereocenters. The molecule has 4 heteroatoms. The number of aliphatic hydroxyl groups excluding tert-OH is 1. The van der Waals surface area contributed by atoms with E-state index in [1.165, 1.54) is 13.2 Å². The van der Waals surface area contributed by atoms with Crippen molar-refractivity contribution in [2.75, 3.05) is 13.7 Å². The Labute approximate surface area is 88.4 Å². The Bertz CT molecular complexity index is 315. The lowest BCUT2D eigenvalue weighted by Crippen LogP contribution is -2.08. The van der Waals surface area contributed by atoms with Crippen LogP contribution >= 0.6 is 0 Å². The normalized spacial score (nSPS) is 12.8. The molecule has 0 amide bonds. The van der Waals surface area contributed by atoms with Gasteiger partial charge in [0.15, 0.2) is 6.29 Å². The Balaban J connectivity index is 2.92. The molecule has 1 unspecified atom stereocenters. The van der Waals surface area contributed by atoms with Crippen LogP contribution in [0.2, 0.25) is 0 Å². The zero-order valence-electron chi connectivity index (χ0n) is 8.87. The van der Waals surface area contributed by atoms with Crippen LogP contribution in [0.5, 0.6) is 0 Å². The quantitative estimate of drug-likeness (QED) is 0.762. The van der Waals surface area contributed by atoms with Crippen LogP contribution in [-0.2, 0) is 16.1 Å². The van der Waals surface area contributed by atoms with Crippen molar-refractivity contribution in [3.63, 3.8) is 0 Å². The summed E-state index contributed by atoms with van der Waals surface area (Å²) >= 11 is 0. The molecule has 0 fully saturated rings. The summed E-state index contributed by atoms with van der Waals surface area (Å²) in [5.41, 5.74) is 0.874. The van der Waals surface area contributed by atoms with Gasteiger partial charge in [0, 0.05) is 19.3 Å². The summed E-state index contributed by atoms with van der Waals surface area (Å²) in [7, 11) is 1.46. The number of hydrogen-bond donors (Lipinski definition) is 1. The minimum atomic E-state index is -0.692. The molecule has 84 valence electrons. The van der Waals surface area contributed by atoms with Gasteiger partial charge in [-0.15, -0.1) is 0 Å². The first kappa shape index (κ1) is 12.1. The van der Waals surface area contributed by atoms with Crippen molar-refractivity contribution in [2.45, 2.75) is 19.8 Å². The number of benzene rings is 1. The highest BCUT2D eigenvalue weighted by Gasteiger charge is 2.15. The monoisotopic (exact) mass is 214 g/mol. The standard InChI is InChI=1S/C11H15FO3/c1-3-15-11(14-2)9-5-4-8(7-13)6-10(9)12/h4-6,11,13H,3,7H2,1-2H3. The summed E-state index contributed by atoms with van der Waals surface area (Å²) in [6, 6.07) is 4.48. The highest BCUT2D eigenvalue weighted by Crippen LogP contribution is 2.22. The molecule has 0 aliphatic heterocycles. The van der Waals surface area contributed by atoms with Crippen molar-refractivity contribution in [3.05, 3.63) is 35.1 Å². The summed E-state index contributed by atoms with van der Waals surface area (Å²) in [5.74, 6) is -0.429. The number of methoxy groups -OCH3 is 1. The number of rotatable bonds is 5. The van der Waals surface area contributed by atoms with Gasteiger partial charge in [-0.05, 0) is 18.6 Å². The van der Waals surface area contributed by atoms with E-state index in [-0.39, 0.29) is 6.61 Å². The lowest BCUT2D eigenvalue weighted by atomic mass is 10.1. The second-order valence-corrected chi connectivity index (χ2v) is 3.04. The fraction of sp³-hybridized carbons (Fsp3) is 0.455. The van der Waals surface area contributed by atoms with Gasteiger partial charge >= 0.3 is 0 Å². The number of halogens is 1. The first-order valence-corrected chi connectivity index (χ1v) is 4.76. The summed E-state index contributed by atoms with van der Waals surface area (Å²) in [6.45, 7) is 2.08. The van der Waals surface area contributed by atoms with Crippen LogP contribution in [0.3, 0.4) is 0 Å². The molecule has 0 saturated carbocycles. The number of ether oxygens (including phenoxy) is 2. The van der Waals surface area contributed by atoms with Crippen molar-refractivity contribution in [1.29, 1.82) is 0 Å². The molecule has 0 aliphatic carbocycles. The molecular formula is C11H15FO3. The fourth-order valence-corrected chi connectivity index (χ4v) is 1.30. The average molecular weight is 214 g/mol. The number of hydrogen-bond acceptors (Lipinski definition) is 3. The molecule has 0 saturated heterocycles. The van der Waals surface area contributed by atoms with Crippen LogP contribution < -0.4 is 0 Å². The number of aliphatic hydroxyl groups is 1. The molecule has 0 spiro atoms. The highest BCUT2D eigenvalue weighted by molar-refractivity contribution is 5.24. The maximum absolute atomic E-state index is 13.5. The fourth-order valence-electron chi connectivity index (χ4n) is 1.30. The molecule has 0 radical (unpaired) electrons. The topological polar surface area (TPSA) is 38.7 Å². The Morgan fingerprint density at radius 3 is 2.67 bits per heavy atom. The van der Waals surface area contributed by atoms with Gasteiger partial charge in [0.2, 0.25) is 0 Å². The van der Waals surface area contributed by atoms with Gasteiger partial charge < -0.3 is 14.6 Å². The van der Waals surface area contributed by atoms with Crippen LogP contribution in [0.4, 0.5) is 4.39 Å². The maximum atomic E-state index is 13.5. The van der Waals surface area contributed by atoms with Gasteiger partial charge in [-0.1, -0.05) is 12.1 Å². The molecule has 1 aromatic carbocycles. The van der Waals surface area contributed by atoms with Gasteiger partial charge in [0.1, 0.15) is 5.82 Å². The van der Waals surface area contributed by atoms with E-state index in [0.717, 1.165) is 0 Å². The van der Waals surface area contributed by atoms with Crippen LogP contribution in [0.15, 0.2) is 18.2 Å². The van der Waals surface area contributed by atoms with Crippen molar-refractivity contribution in [2.24, 2.45) is 0 Å². The summed E-state index contributed by atoms with van der Waals surface area (Å²) in [5, 5.41) is 8.82. The third kappa shape index (κ3) is 2.99. The van der Waals surface area contributed by atoms with Gasteiger partial charge in [0.25, 0.3) is 0 Å². The van der Waals surface area contributed by atoms with Crippen molar-refractivity contribution < 1.29 is 19.0 Å². The Morgan fingerprint density at radius 2 is 2.20 bits per heavy atom. The minimum absolute atomic E-state index is 0.177. The van der Waals surface area contributed by atoms with Crippen molar-refractivity contribution in [1.82, 2.24) is 0 Å². The first-order chi connectivity index (χ1) is 7.22. The van der Waals surface area contributed by atoms with Crippen molar-refractivity contribution >= 4 is 0 Å². The third-order valence-electron chi connectivity index (χ3n) is 2.03. The largest absolute Gasteiger partial charge is 0.392 e. The summed E-state index contributed by atoms with van der Waals surface area (Å²) in [6.07, 6.45) is -0.692. The predicted octanol–water partition coefficient (Wildman–Crippen LogP) is 2.00. The van der Waals surface area contributed by atoms with E-state index >= 15 is 0 Å². The van der Waals surface area contributed by atoms with Crippen LogP contribution in [0.1, 0.15) is 24.3 Å². The molecular weight excluding hydrogens is 199 g/mol. The first-order valence-electron chi connectivity index (χ1n) is 4.76. The zero-order valence-corrected chi connectivity index (χ0v) is 8.87. The van der Waals surface area contributed by atoms with Crippen LogP contribution in [-0.4, -0.2) is 18.8 Å². The Morgan fingerprint density at radius 1 is 1.47 bits per heavy atom. The van der Waals surface area contributed by atoms with E-state index in [1.807, 2.05) is 6.92 Å². The van der Waals surface area contributed by atoms with Gasteiger partial charge in [-0.2, -0.15) is 0 Å². The highest BCUT2D eigenvalue weighted by atomic mass is 19.1. The second kappa shape index (κ2) is 5.80. The van der Waals surface area contributed by atoms with E-state index < -0.39 is 12.1 Å². The van der Waals surface area contributed by atoms with Gasteiger partial charge in [0.05, 0.1) is 6.61 Å². The Kier molecular flexibility index (Phi) is 4.68. The summed E-state index contributed by atoms with van der Waals surface area (Å²) in [4.78, 5) is 0. The third-order valence-corrected chi connectivity index (χ3v) is 2.03. The molecule has 0 bridgehead atoms. The second-order valence-electron chi connectivity index (χ2n) is 3.04. The van der Waals surface area contributed by atoms with Gasteiger partial charge in [-0.3, -0.25) is 0 Å². The zero-order chi connectivity index (χ0) is 11.3. The van der Waals surface area contributed by atoms with E-state index in [0.29, 0.717) is 17.7 Å². The van der Waals surface area contributed by atoms with Crippen LogP contribution in [0.25, 0.3) is 0 Å². The lowest BCUT2D eigenvalue weighted by Gasteiger charge is -2.16. The molecule has 1 rings (SSSR count). The molecule has 0 aliphatic rings.